The van der Waals surface area contributed by atoms with Crippen LogP contribution in [0.4, 0.5) is 0 Å². The van der Waals surface area contributed by atoms with Crippen molar-refractivity contribution in [2.24, 2.45) is 11.7 Å². The summed E-state index contributed by atoms with van der Waals surface area (Å²) in [6.45, 7) is 0. The Bertz CT molecular complexity index is 386. The van der Waals surface area contributed by atoms with Gasteiger partial charge in [0, 0.05) is 16.5 Å². The zero-order valence-corrected chi connectivity index (χ0v) is 9.50. The van der Waals surface area contributed by atoms with E-state index in [1.54, 1.807) is 0 Å². The van der Waals surface area contributed by atoms with Crippen molar-refractivity contribution >= 4 is 11.6 Å². The van der Waals surface area contributed by atoms with Crippen molar-refractivity contribution in [3.05, 3.63) is 34.9 Å². The van der Waals surface area contributed by atoms with Crippen LogP contribution < -0.4 is 5.73 Å². The second-order valence-corrected chi connectivity index (χ2v) is 5.43. The van der Waals surface area contributed by atoms with E-state index in [0.29, 0.717) is 6.04 Å². The molecule has 0 radical (unpaired) electrons. The molecule has 0 saturated heterocycles. The van der Waals surface area contributed by atoms with Gasteiger partial charge in [0.2, 0.25) is 0 Å². The van der Waals surface area contributed by atoms with Crippen LogP contribution in [-0.4, -0.2) is 6.04 Å². The third-order valence-electron chi connectivity index (χ3n) is 4.25. The maximum Gasteiger partial charge on any atom is 0.0408 e. The zero-order chi connectivity index (χ0) is 10.5. The van der Waals surface area contributed by atoms with Gasteiger partial charge in [0.1, 0.15) is 0 Å². The topological polar surface area (TPSA) is 26.0 Å². The summed E-state index contributed by atoms with van der Waals surface area (Å²) in [6.07, 6.45) is 5.22. The van der Waals surface area contributed by atoms with E-state index in [9.17, 15) is 0 Å². The first-order valence-electron chi connectivity index (χ1n) is 5.75. The average molecular weight is 222 g/mol. The van der Waals surface area contributed by atoms with Gasteiger partial charge in [-0.15, -0.1) is 0 Å². The molecule has 1 aromatic rings. The molecule has 0 spiro atoms. The summed E-state index contributed by atoms with van der Waals surface area (Å²) in [4.78, 5) is 0. The highest BCUT2D eigenvalue weighted by Gasteiger charge is 2.59. The molecule has 0 aliphatic heterocycles. The monoisotopic (exact) mass is 221 g/mol. The molecule has 2 heteroatoms. The Morgan fingerprint density at radius 3 is 2.53 bits per heavy atom. The summed E-state index contributed by atoms with van der Waals surface area (Å²) in [5.74, 6) is 0.811. The number of hydrogen-bond donors (Lipinski definition) is 1. The van der Waals surface area contributed by atoms with E-state index in [4.69, 9.17) is 17.3 Å². The van der Waals surface area contributed by atoms with Crippen LogP contribution in [0.25, 0.3) is 0 Å². The van der Waals surface area contributed by atoms with Gasteiger partial charge < -0.3 is 5.73 Å². The maximum absolute atomic E-state index is 6.15. The summed E-state index contributed by atoms with van der Waals surface area (Å²) in [5.41, 5.74) is 7.80. The molecule has 2 atom stereocenters. The van der Waals surface area contributed by atoms with E-state index in [-0.39, 0.29) is 5.41 Å². The number of rotatable bonds is 2. The number of hydrogen-bond acceptors (Lipinski definition) is 1. The van der Waals surface area contributed by atoms with Crippen molar-refractivity contribution in [1.29, 1.82) is 0 Å². The van der Waals surface area contributed by atoms with Crippen molar-refractivity contribution in [3.63, 3.8) is 0 Å². The molecule has 2 aliphatic rings. The third-order valence-corrected chi connectivity index (χ3v) is 4.49. The van der Waals surface area contributed by atoms with Gasteiger partial charge in [0.25, 0.3) is 0 Å². The minimum absolute atomic E-state index is 0.281. The van der Waals surface area contributed by atoms with Crippen LogP contribution in [0.5, 0.6) is 0 Å². The minimum Gasteiger partial charge on any atom is -0.327 e. The summed E-state index contributed by atoms with van der Waals surface area (Å²) in [7, 11) is 0. The first kappa shape index (κ1) is 9.68. The highest BCUT2D eigenvalue weighted by Crippen LogP contribution is 2.58. The highest BCUT2D eigenvalue weighted by molar-refractivity contribution is 6.30. The van der Waals surface area contributed by atoms with Gasteiger partial charge in [-0.25, -0.2) is 0 Å². The molecule has 0 bridgehead atoms. The van der Waals surface area contributed by atoms with Gasteiger partial charge in [-0.05, 0) is 42.9 Å². The summed E-state index contributed by atoms with van der Waals surface area (Å²) < 4.78 is 0. The third kappa shape index (κ3) is 1.33. The summed E-state index contributed by atoms with van der Waals surface area (Å²) in [5, 5.41) is 0.838. The van der Waals surface area contributed by atoms with E-state index in [2.05, 4.69) is 12.1 Å². The van der Waals surface area contributed by atoms with Crippen LogP contribution in [-0.2, 0) is 5.41 Å². The number of benzene rings is 1. The lowest BCUT2D eigenvalue weighted by atomic mass is 9.70. The Labute approximate surface area is 95.6 Å². The molecule has 2 N–H and O–H groups in total. The fraction of sp³-hybridized carbons (Fsp3) is 0.538. The largest absolute Gasteiger partial charge is 0.327 e. The molecule has 1 unspecified atom stereocenters. The lowest BCUT2D eigenvalue weighted by molar-refractivity contribution is 0.240. The molecule has 2 aliphatic carbocycles. The van der Waals surface area contributed by atoms with Gasteiger partial charge in [0.15, 0.2) is 0 Å². The number of halogens is 1. The molecule has 0 heterocycles. The van der Waals surface area contributed by atoms with Gasteiger partial charge in [-0.1, -0.05) is 30.2 Å². The van der Waals surface area contributed by atoms with E-state index in [1.165, 1.54) is 24.8 Å². The van der Waals surface area contributed by atoms with E-state index < -0.39 is 0 Å². The Kier molecular flexibility index (Phi) is 2.08. The van der Waals surface area contributed by atoms with E-state index in [1.807, 2.05) is 12.1 Å². The predicted molar refractivity (Wildman–Crippen MR) is 63.1 cm³/mol. The van der Waals surface area contributed by atoms with Gasteiger partial charge in [-0.3, -0.25) is 0 Å². The fourth-order valence-electron chi connectivity index (χ4n) is 3.04. The SMILES string of the molecule is N[C@@H]1CC1(c1cccc(Cl)c1)C1CCC1. The first-order valence-corrected chi connectivity index (χ1v) is 6.13. The normalized spacial score (nSPS) is 34.9. The van der Waals surface area contributed by atoms with Gasteiger partial charge in [0.05, 0.1) is 0 Å². The fourth-order valence-corrected chi connectivity index (χ4v) is 3.23. The molecule has 15 heavy (non-hydrogen) atoms. The maximum atomic E-state index is 6.15. The molecule has 3 rings (SSSR count). The van der Waals surface area contributed by atoms with Crippen LogP contribution in [0, 0.1) is 5.92 Å². The van der Waals surface area contributed by atoms with Crippen molar-refractivity contribution in [2.75, 3.05) is 0 Å². The lowest BCUT2D eigenvalue weighted by Crippen LogP contribution is -2.32. The standard InChI is InChI=1S/C13H16ClN/c14-11-6-2-5-10(7-11)13(8-12(13)15)9-3-1-4-9/h2,5-7,9,12H,1,3-4,8,15H2/t12-,13?/m1/s1. The van der Waals surface area contributed by atoms with Crippen molar-refractivity contribution in [3.8, 4) is 0 Å². The Balaban J connectivity index is 1.97. The van der Waals surface area contributed by atoms with Crippen LogP contribution >= 0.6 is 11.6 Å². The van der Waals surface area contributed by atoms with Gasteiger partial charge in [-0.2, -0.15) is 0 Å². The van der Waals surface area contributed by atoms with Crippen LogP contribution in [0.1, 0.15) is 31.2 Å². The van der Waals surface area contributed by atoms with Crippen molar-refractivity contribution in [1.82, 2.24) is 0 Å². The molecule has 2 saturated carbocycles. The molecular formula is C13H16ClN. The number of nitrogens with two attached hydrogens (primary N) is 1. The molecule has 0 amide bonds. The molecule has 0 aromatic heterocycles. The van der Waals surface area contributed by atoms with Crippen molar-refractivity contribution in [2.45, 2.75) is 37.1 Å². The smallest absolute Gasteiger partial charge is 0.0408 e. The summed E-state index contributed by atoms with van der Waals surface area (Å²) in [6, 6.07) is 8.64. The molecule has 80 valence electrons. The lowest BCUT2D eigenvalue weighted by Gasteiger charge is -2.35. The molecule has 1 nitrogen and oxygen atoms in total. The quantitative estimate of drug-likeness (QED) is 0.816. The molecule has 1 aromatic carbocycles. The second kappa shape index (κ2) is 3.23. The Morgan fingerprint density at radius 2 is 2.07 bits per heavy atom. The molecular weight excluding hydrogens is 206 g/mol. The minimum atomic E-state index is 0.281. The van der Waals surface area contributed by atoms with E-state index in [0.717, 1.165) is 17.4 Å². The van der Waals surface area contributed by atoms with Crippen LogP contribution in [0.15, 0.2) is 24.3 Å². The predicted octanol–water partition coefficient (Wildman–Crippen LogP) is 3.11. The van der Waals surface area contributed by atoms with Crippen LogP contribution in [0.3, 0.4) is 0 Å². The molecule has 2 fully saturated rings. The van der Waals surface area contributed by atoms with Gasteiger partial charge >= 0.3 is 0 Å². The Hall–Kier alpha value is -0.530. The summed E-state index contributed by atoms with van der Waals surface area (Å²) >= 11 is 6.05. The highest BCUT2D eigenvalue weighted by atomic mass is 35.5. The van der Waals surface area contributed by atoms with Crippen molar-refractivity contribution < 1.29 is 0 Å². The Morgan fingerprint density at radius 1 is 1.33 bits per heavy atom. The average Bonchev–Trinajstić information content (AvgIpc) is 2.75. The van der Waals surface area contributed by atoms with Crippen LogP contribution in [0.2, 0.25) is 5.02 Å². The van der Waals surface area contributed by atoms with E-state index >= 15 is 0 Å². The zero-order valence-electron chi connectivity index (χ0n) is 8.75. The second-order valence-electron chi connectivity index (χ2n) is 4.99. The first-order chi connectivity index (χ1) is 7.23.